The molecule has 1 fully saturated rings. The number of hydrogen-bond donors (Lipinski definition) is 1. The zero-order valence-corrected chi connectivity index (χ0v) is 19.7. The third kappa shape index (κ3) is 4.95. The molecule has 0 aliphatic carbocycles. The van der Waals surface area contributed by atoms with Crippen LogP contribution in [0, 0.1) is 6.92 Å². The van der Waals surface area contributed by atoms with E-state index < -0.39 is 0 Å². The summed E-state index contributed by atoms with van der Waals surface area (Å²) in [5.41, 5.74) is 4.34. The van der Waals surface area contributed by atoms with Gasteiger partial charge in [-0.1, -0.05) is 29.8 Å². The van der Waals surface area contributed by atoms with Crippen LogP contribution < -0.4 is 5.32 Å². The Balaban J connectivity index is 1.16. The largest absolute Gasteiger partial charge is 0.325 e. The molecule has 7 nitrogen and oxygen atoms in total. The smallest absolute Gasteiger partial charge is 0.238 e. The van der Waals surface area contributed by atoms with Crippen LogP contribution in [0.4, 0.5) is 5.69 Å². The summed E-state index contributed by atoms with van der Waals surface area (Å²) >= 11 is 6.33. The number of fused-ring (bicyclic) bond motifs is 3. The third-order valence-corrected chi connectivity index (χ3v) is 6.88. The Morgan fingerprint density at radius 1 is 1.03 bits per heavy atom. The van der Waals surface area contributed by atoms with E-state index in [2.05, 4.69) is 48.1 Å². The minimum atomic E-state index is 0.0338. The Bertz CT molecular complexity index is 1160. The van der Waals surface area contributed by atoms with E-state index in [4.69, 9.17) is 11.6 Å². The lowest BCUT2D eigenvalue weighted by molar-refractivity contribution is -0.117. The second-order valence-corrected chi connectivity index (χ2v) is 9.29. The first-order chi connectivity index (χ1) is 16.1. The summed E-state index contributed by atoms with van der Waals surface area (Å²) < 4.78 is 2.11. The molecule has 0 unspecified atom stereocenters. The van der Waals surface area contributed by atoms with Gasteiger partial charge in [0.1, 0.15) is 11.6 Å². The number of benzene rings is 2. The van der Waals surface area contributed by atoms with Crippen molar-refractivity contribution >= 4 is 23.2 Å². The zero-order valence-electron chi connectivity index (χ0n) is 18.9. The van der Waals surface area contributed by atoms with Gasteiger partial charge >= 0.3 is 0 Å². The van der Waals surface area contributed by atoms with E-state index in [1.807, 2.05) is 31.2 Å². The molecule has 2 aromatic carbocycles. The Morgan fingerprint density at radius 3 is 2.73 bits per heavy atom. The van der Waals surface area contributed by atoms with Gasteiger partial charge in [0.05, 0.1) is 12.2 Å². The van der Waals surface area contributed by atoms with Crippen LogP contribution in [-0.4, -0.2) is 63.2 Å². The summed E-state index contributed by atoms with van der Waals surface area (Å²) in [4.78, 5) is 17.4. The first kappa shape index (κ1) is 22.1. The highest BCUT2D eigenvalue weighted by atomic mass is 35.5. The summed E-state index contributed by atoms with van der Waals surface area (Å²) in [6.45, 7) is 6.97. The fraction of sp³-hybridized carbons (Fsp3) is 0.400. The molecule has 8 heteroatoms. The van der Waals surface area contributed by atoms with Crippen LogP contribution in [0.3, 0.4) is 0 Å². The Labute approximate surface area is 199 Å². The normalized spacial score (nSPS) is 16.7. The van der Waals surface area contributed by atoms with Crippen LogP contribution in [-0.2, 0) is 24.2 Å². The van der Waals surface area contributed by atoms with E-state index in [0.29, 0.717) is 6.54 Å². The number of halogens is 1. The molecule has 0 atom stereocenters. The number of amides is 1. The van der Waals surface area contributed by atoms with Crippen molar-refractivity contribution < 1.29 is 4.79 Å². The van der Waals surface area contributed by atoms with Crippen LogP contribution in [0.25, 0.3) is 5.69 Å². The maximum absolute atomic E-state index is 12.8. The minimum absolute atomic E-state index is 0.0338. The number of anilines is 1. The Morgan fingerprint density at radius 2 is 1.85 bits per heavy atom. The highest BCUT2D eigenvalue weighted by Gasteiger charge is 2.21. The molecule has 0 bridgehead atoms. The summed E-state index contributed by atoms with van der Waals surface area (Å²) in [5, 5.41) is 12.4. The van der Waals surface area contributed by atoms with E-state index in [0.717, 1.165) is 85.6 Å². The molecule has 2 aliphatic rings. The Hall–Kier alpha value is -2.74. The number of rotatable bonds is 5. The standard InChI is InChI=1S/C25H29ClN6O/c1-18-28-29-24-10-7-19-15-21(8-9-23(19)32(18)24)27-25(33)17-31-12-4-11-30(13-14-31)16-20-5-2-3-6-22(20)26/h2-3,5-6,8-9,15H,4,7,10-14,16-17H2,1H3,(H,27,33). The molecule has 2 aliphatic heterocycles. The molecule has 0 spiro atoms. The van der Waals surface area contributed by atoms with Crippen LogP contribution >= 0.6 is 11.6 Å². The van der Waals surface area contributed by atoms with Crippen LogP contribution in [0.15, 0.2) is 42.5 Å². The molecule has 1 saturated heterocycles. The monoisotopic (exact) mass is 464 g/mol. The second-order valence-electron chi connectivity index (χ2n) is 8.89. The fourth-order valence-corrected chi connectivity index (χ4v) is 5.02. The van der Waals surface area contributed by atoms with Crippen molar-refractivity contribution in [2.75, 3.05) is 38.0 Å². The first-order valence-electron chi connectivity index (χ1n) is 11.6. The highest BCUT2D eigenvalue weighted by molar-refractivity contribution is 6.31. The molecule has 0 radical (unpaired) electrons. The van der Waals surface area contributed by atoms with Crippen molar-refractivity contribution in [2.24, 2.45) is 0 Å². The van der Waals surface area contributed by atoms with Crippen molar-refractivity contribution in [3.8, 4) is 5.69 Å². The molecular weight excluding hydrogens is 436 g/mol. The molecule has 3 heterocycles. The average molecular weight is 465 g/mol. The lowest BCUT2D eigenvalue weighted by Crippen LogP contribution is -2.36. The summed E-state index contributed by atoms with van der Waals surface area (Å²) in [6.07, 6.45) is 2.81. The number of nitrogens with one attached hydrogen (secondary N) is 1. The lowest BCUT2D eigenvalue weighted by Gasteiger charge is -2.22. The molecule has 172 valence electrons. The highest BCUT2D eigenvalue weighted by Crippen LogP contribution is 2.27. The van der Waals surface area contributed by atoms with Crippen molar-refractivity contribution in [2.45, 2.75) is 32.7 Å². The molecule has 1 aromatic heterocycles. The number of carbonyl (C=O) groups excluding carboxylic acids is 1. The van der Waals surface area contributed by atoms with Crippen molar-refractivity contribution in [3.05, 3.63) is 70.3 Å². The molecule has 1 N–H and O–H groups in total. The number of nitrogens with zero attached hydrogens (tertiary/aromatic N) is 5. The van der Waals surface area contributed by atoms with Gasteiger partial charge in [-0.3, -0.25) is 19.2 Å². The predicted octanol–water partition coefficient (Wildman–Crippen LogP) is 3.47. The number of carbonyl (C=O) groups is 1. The lowest BCUT2D eigenvalue weighted by atomic mass is 10.0. The minimum Gasteiger partial charge on any atom is -0.325 e. The van der Waals surface area contributed by atoms with Crippen LogP contribution in [0.1, 0.15) is 29.2 Å². The van der Waals surface area contributed by atoms with E-state index in [-0.39, 0.29) is 5.91 Å². The molecule has 1 amide bonds. The van der Waals surface area contributed by atoms with Gasteiger partial charge < -0.3 is 5.32 Å². The second kappa shape index (κ2) is 9.63. The van der Waals surface area contributed by atoms with Crippen molar-refractivity contribution in [1.82, 2.24) is 24.6 Å². The SMILES string of the molecule is Cc1nnc2n1-c1ccc(NC(=O)CN3CCCN(Cc4ccccc4Cl)CC3)cc1CC2. The summed E-state index contributed by atoms with van der Waals surface area (Å²) in [6, 6.07) is 14.1. The van der Waals surface area contributed by atoms with Crippen LogP contribution in [0.5, 0.6) is 0 Å². The van der Waals surface area contributed by atoms with Gasteiger partial charge in [-0.2, -0.15) is 0 Å². The van der Waals surface area contributed by atoms with E-state index in [1.54, 1.807) is 0 Å². The molecule has 0 saturated carbocycles. The van der Waals surface area contributed by atoms with Crippen molar-refractivity contribution in [1.29, 1.82) is 0 Å². The first-order valence-corrected chi connectivity index (χ1v) is 12.0. The Kier molecular flexibility index (Phi) is 6.44. The molecular formula is C25H29ClN6O. The zero-order chi connectivity index (χ0) is 22.8. The quantitative estimate of drug-likeness (QED) is 0.626. The van der Waals surface area contributed by atoms with Crippen LogP contribution in [0.2, 0.25) is 5.02 Å². The molecule has 5 rings (SSSR count). The molecule has 3 aromatic rings. The van der Waals surface area contributed by atoms with E-state index >= 15 is 0 Å². The topological polar surface area (TPSA) is 66.3 Å². The van der Waals surface area contributed by atoms with Gasteiger partial charge in [-0.05, 0) is 68.2 Å². The van der Waals surface area contributed by atoms with E-state index in [1.165, 1.54) is 5.56 Å². The van der Waals surface area contributed by atoms with Gasteiger partial charge in [-0.15, -0.1) is 10.2 Å². The van der Waals surface area contributed by atoms with E-state index in [9.17, 15) is 4.79 Å². The number of aromatic nitrogens is 3. The fourth-order valence-electron chi connectivity index (χ4n) is 4.82. The van der Waals surface area contributed by atoms with Gasteiger partial charge in [0.2, 0.25) is 5.91 Å². The third-order valence-electron chi connectivity index (χ3n) is 6.51. The summed E-state index contributed by atoms with van der Waals surface area (Å²) in [7, 11) is 0. The maximum atomic E-state index is 12.8. The number of hydrogen-bond acceptors (Lipinski definition) is 5. The maximum Gasteiger partial charge on any atom is 0.238 e. The van der Waals surface area contributed by atoms with Gasteiger partial charge in [-0.25, -0.2) is 0 Å². The predicted molar refractivity (Wildman–Crippen MR) is 130 cm³/mol. The average Bonchev–Trinajstić information content (AvgIpc) is 3.05. The van der Waals surface area contributed by atoms with Crippen molar-refractivity contribution in [3.63, 3.8) is 0 Å². The number of aryl methyl sites for hydroxylation is 3. The summed E-state index contributed by atoms with van der Waals surface area (Å²) in [5.74, 6) is 1.93. The molecule has 33 heavy (non-hydrogen) atoms. The van der Waals surface area contributed by atoms with Gasteiger partial charge in [0, 0.05) is 36.8 Å². The van der Waals surface area contributed by atoms with Gasteiger partial charge in [0.25, 0.3) is 0 Å². The van der Waals surface area contributed by atoms with Gasteiger partial charge in [0.15, 0.2) is 0 Å².